The molecule has 5 nitrogen and oxygen atoms in total. The van der Waals surface area contributed by atoms with Gasteiger partial charge in [-0.2, -0.15) is 0 Å². The highest BCUT2D eigenvalue weighted by Crippen LogP contribution is 2.36. The second kappa shape index (κ2) is 9.79. The number of esters is 1. The Morgan fingerprint density at radius 3 is 2.47 bits per heavy atom. The average Bonchev–Trinajstić information content (AvgIpc) is 3.20. The summed E-state index contributed by atoms with van der Waals surface area (Å²) < 4.78 is 7.80. The molecule has 0 unspecified atom stereocenters. The molecule has 0 spiro atoms. The predicted molar refractivity (Wildman–Crippen MR) is 133 cm³/mol. The molecule has 0 aliphatic rings. The predicted octanol–water partition coefficient (Wildman–Crippen LogP) is 6.07. The lowest BCUT2D eigenvalue weighted by Crippen LogP contribution is -2.21. The number of hydrogen-bond donors (Lipinski definition) is 0. The van der Waals surface area contributed by atoms with Crippen molar-refractivity contribution < 1.29 is 9.53 Å². The first-order chi connectivity index (χ1) is 15.5. The van der Waals surface area contributed by atoms with Crippen LogP contribution in [0.5, 0.6) is 0 Å². The number of carbonyl (C=O) groups is 1. The number of nitrogens with zero attached hydrogens (tertiary/aromatic N) is 2. The fourth-order valence-electron chi connectivity index (χ4n) is 3.58. The van der Waals surface area contributed by atoms with Gasteiger partial charge in [0.1, 0.15) is 4.83 Å². The molecular formula is C25H23BrN2O3S. The Labute approximate surface area is 198 Å². The summed E-state index contributed by atoms with van der Waals surface area (Å²) in [6.45, 7) is 4.84. The number of aryl methyl sites for hydroxylation is 1. The van der Waals surface area contributed by atoms with Gasteiger partial charge in [0.05, 0.1) is 30.4 Å². The zero-order chi connectivity index (χ0) is 22.7. The van der Waals surface area contributed by atoms with E-state index in [9.17, 15) is 9.59 Å². The highest BCUT2D eigenvalue weighted by Gasteiger charge is 2.18. The monoisotopic (exact) mass is 510 g/mol. The van der Waals surface area contributed by atoms with Crippen molar-refractivity contribution in [3.8, 4) is 11.1 Å². The smallest absolute Gasteiger partial charge is 0.338 e. The van der Waals surface area contributed by atoms with Crippen molar-refractivity contribution in [2.45, 2.75) is 33.2 Å². The van der Waals surface area contributed by atoms with Crippen LogP contribution in [0.3, 0.4) is 0 Å². The Morgan fingerprint density at radius 1 is 1.09 bits per heavy atom. The van der Waals surface area contributed by atoms with Crippen LogP contribution >= 0.6 is 27.3 Å². The molecule has 0 saturated heterocycles. The molecule has 2 aromatic heterocycles. The number of ether oxygens (including phenoxy) is 1. The number of carbonyl (C=O) groups excluding carboxylic acids is 1. The molecule has 164 valence electrons. The van der Waals surface area contributed by atoms with E-state index in [4.69, 9.17) is 4.74 Å². The summed E-state index contributed by atoms with van der Waals surface area (Å²) in [5, 5.41) is 0.663. The van der Waals surface area contributed by atoms with E-state index in [-0.39, 0.29) is 11.5 Å². The molecule has 0 aliphatic heterocycles. The van der Waals surface area contributed by atoms with Crippen LogP contribution in [0.15, 0.2) is 64.1 Å². The molecule has 0 amide bonds. The number of thiophene rings is 1. The van der Waals surface area contributed by atoms with Crippen LogP contribution in [0.2, 0.25) is 0 Å². The molecule has 4 aromatic rings. The summed E-state index contributed by atoms with van der Waals surface area (Å²) in [6, 6.07) is 15.2. The van der Waals surface area contributed by atoms with E-state index < -0.39 is 0 Å². The minimum atomic E-state index is -0.330. The van der Waals surface area contributed by atoms with Crippen molar-refractivity contribution in [2.24, 2.45) is 0 Å². The lowest BCUT2D eigenvalue weighted by molar-refractivity contribution is 0.0505. The molecular weight excluding hydrogens is 488 g/mol. The summed E-state index contributed by atoms with van der Waals surface area (Å²) in [5.41, 5.74) is 3.35. The first-order valence-corrected chi connectivity index (χ1v) is 12.2. The summed E-state index contributed by atoms with van der Waals surface area (Å²) >= 11 is 5.06. The Morgan fingerprint density at radius 2 is 1.81 bits per heavy atom. The van der Waals surface area contributed by atoms with Crippen LogP contribution in [-0.4, -0.2) is 22.1 Å². The Balaban J connectivity index is 1.69. The van der Waals surface area contributed by atoms with Gasteiger partial charge in [-0.3, -0.25) is 9.36 Å². The van der Waals surface area contributed by atoms with E-state index in [2.05, 4.69) is 27.8 Å². The molecule has 2 heterocycles. The van der Waals surface area contributed by atoms with Gasteiger partial charge in [-0.25, -0.2) is 9.78 Å². The zero-order valence-electron chi connectivity index (χ0n) is 17.9. The maximum atomic E-state index is 13.5. The molecule has 0 radical (unpaired) electrons. The Kier molecular flexibility index (Phi) is 6.86. The highest BCUT2D eigenvalue weighted by molar-refractivity contribution is 9.10. The van der Waals surface area contributed by atoms with Gasteiger partial charge in [-0.05, 0) is 48.2 Å². The van der Waals surface area contributed by atoms with Crippen LogP contribution in [0.1, 0.15) is 41.1 Å². The summed E-state index contributed by atoms with van der Waals surface area (Å²) in [6.07, 6.45) is 3.23. The lowest BCUT2D eigenvalue weighted by Gasteiger charge is -2.08. The van der Waals surface area contributed by atoms with Gasteiger partial charge in [0.25, 0.3) is 5.56 Å². The third kappa shape index (κ3) is 4.54. The minimum absolute atomic E-state index is 0.0599. The summed E-state index contributed by atoms with van der Waals surface area (Å²) in [4.78, 5) is 32.0. The van der Waals surface area contributed by atoms with Crippen molar-refractivity contribution >= 4 is 43.5 Å². The van der Waals surface area contributed by atoms with Gasteiger partial charge in [-0.1, -0.05) is 54.0 Å². The van der Waals surface area contributed by atoms with Crippen molar-refractivity contribution in [1.82, 2.24) is 9.55 Å². The third-order valence-corrected chi connectivity index (χ3v) is 6.96. The maximum absolute atomic E-state index is 13.5. The van der Waals surface area contributed by atoms with Gasteiger partial charge >= 0.3 is 5.97 Å². The SMILES string of the molecule is CCCOC(=O)c1ccc(Cn2cnc3sc(CC)c(-c4ccc(Br)cc4)c3c2=O)cc1. The molecule has 0 N–H and O–H groups in total. The van der Waals surface area contributed by atoms with Crippen LogP contribution in [-0.2, 0) is 17.7 Å². The topological polar surface area (TPSA) is 61.2 Å². The van der Waals surface area contributed by atoms with Crippen LogP contribution in [0.25, 0.3) is 21.3 Å². The molecule has 4 rings (SSSR count). The van der Waals surface area contributed by atoms with Crippen LogP contribution < -0.4 is 5.56 Å². The Hall–Kier alpha value is -2.77. The van der Waals surface area contributed by atoms with Gasteiger partial charge in [-0.15, -0.1) is 11.3 Å². The van der Waals surface area contributed by atoms with E-state index in [0.717, 1.165) is 43.7 Å². The van der Waals surface area contributed by atoms with Gasteiger partial charge in [0.15, 0.2) is 0 Å². The number of halogens is 1. The minimum Gasteiger partial charge on any atom is -0.462 e. The molecule has 0 aliphatic carbocycles. The van der Waals surface area contributed by atoms with Crippen molar-refractivity contribution in [2.75, 3.05) is 6.61 Å². The summed E-state index contributed by atoms with van der Waals surface area (Å²) in [7, 11) is 0. The zero-order valence-corrected chi connectivity index (χ0v) is 20.3. The maximum Gasteiger partial charge on any atom is 0.338 e. The Bertz CT molecular complexity index is 1310. The second-order valence-corrected chi connectivity index (χ2v) is 9.45. The van der Waals surface area contributed by atoms with Gasteiger partial charge in [0.2, 0.25) is 0 Å². The van der Waals surface area contributed by atoms with Crippen molar-refractivity contribution in [3.63, 3.8) is 0 Å². The van der Waals surface area contributed by atoms with Crippen LogP contribution in [0.4, 0.5) is 0 Å². The van der Waals surface area contributed by atoms with E-state index in [1.807, 2.05) is 43.3 Å². The molecule has 0 bridgehead atoms. The lowest BCUT2D eigenvalue weighted by atomic mass is 10.0. The quantitative estimate of drug-likeness (QED) is 0.283. The largest absolute Gasteiger partial charge is 0.462 e. The number of aromatic nitrogens is 2. The van der Waals surface area contributed by atoms with Gasteiger partial charge in [0, 0.05) is 14.9 Å². The molecule has 32 heavy (non-hydrogen) atoms. The van der Waals surface area contributed by atoms with E-state index in [0.29, 0.717) is 24.1 Å². The van der Waals surface area contributed by atoms with E-state index >= 15 is 0 Å². The number of benzene rings is 2. The van der Waals surface area contributed by atoms with Crippen LogP contribution in [0, 0.1) is 0 Å². The van der Waals surface area contributed by atoms with E-state index in [1.54, 1.807) is 34.4 Å². The molecule has 7 heteroatoms. The fraction of sp³-hybridized carbons (Fsp3) is 0.240. The van der Waals surface area contributed by atoms with Crippen molar-refractivity contribution in [3.05, 3.63) is 85.7 Å². The molecule has 0 atom stereocenters. The normalized spacial score (nSPS) is 11.1. The third-order valence-electron chi connectivity index (χ3n) is 5.19. The van der Waals surface area contributed by atoms with Gasteiger partial charge < -0.3 is 4.74 Å². The first kappa shape index (κ1) is 22.4. The fourth-order valence-corrected chi connectivity index (χ4v) is 4.93. The second-order valence-electron chi connectivity index (χ2n) is 7.45. The molecule has 2 aromatic carbocycles. The summed E-state index contributed by atoms with van der Waals surface area (Å²) in [5.74, 6) is -0.330. The molecule has 0 fully saturated rings. The first-order valence-electron chi connectivity index (χ1n) is 10.5. The number of fused-ring (bicyclic) bond motifs is 1. The van der Waals surface area contributed by atoms with Crippen molar-refractivity contribution in [1.29, 1.82) is 0 Å². The average molecular weight is 511 g/mol. The molecule has 0 saturated carbocycles. The van der Waals surface area contributed by atoms with E-state index in [1.165, 1.54) is 0 Å². The number of rotatable bonds is 7. The standard InChI is InChI=1S/C25H23BrN2O3S/c1-3-13-31-25(30)18-7-5-16(6-8-18)14-28-15-27-23-22(24(28)29)21(20(4-2)32-23)17-9-11-19(26)12-10-17/h5-12,15H,3-4,13-14H2,1-2H3. The number of hydrogen-bond acceptors (Lipinski definition) is 5. The highest BCUT2D eigenvalue weighted by atomic mass is 79.9.